The zero-order chi connectivity index (χ0) is 13.8. The molecule has 1 heterocycles. The molecular formula is C15H23Cl2FN2O. The molecule has 0 radical (unpaired) electrons. The van der Waals surface area contributed by atoms with Crippen molar-refractivity contribution in [2.45, 2.75) is 19.4 Å². The number of phenolic OH excluding ortho intramolecular Hbond substituents is 1. The highest BCUT2D eigenvalue weighted by atomic mass is 35.5. The molecular weight excluding hydrogens is 314 g/mol. The van der Waals surface area contributed by atoms with Crippen LogP contribution in [0.15, 0.2) is 24.8 Å². The van der Waals surface area contributed by atoms with E-state index in [4.69, 9.17) is 0 Å². The first kappa shape index (κ1) is 20.2. The van der Waals surface area contributed by atoms with Crippen molar-refractivity contribution in [2.75, 3.05) is 26.2 Å². The van der Waals surface area contributed by atoms with Gasteiger partial charge in [0, 0.05) is 37.8 Å². The van der Waals surface area contributed by atoms with Crippen molar-refractivity contribution in [1.82, 2.24) is 10.2 Å². The molecule has 0 bridgehead atoms. The second kappa shape index (κ2) is 9.26. The number of rotatable bonds is 4. The highest BCUT2D eigenvalue weighted by Gasteiger charge is 2.26. The van der Waals surface area contributed by atoms with E-state index in [-0.39, 0.29) is 42.4 Å². The van der Waals surface area contributed by atoms with Gasteiger partial charge in [-0.1, -0.05) is 12.1 Å². The van der Waals surface area contributed by atoms with E-state index in [2.05, 4.69) is 16.8 Å². The number of benzene rings is 1. The van der Waals surface area contributed by atoms with Crippen LogP contribution in [0.4, 0.5) is 4.39 Å². The third kappa shape index (κ3) is 4.58. The van der Waals surface area contributed by atoms with E-state index in [1.54, 1.807) is 19.1 Å². The van der Waals surface area contributed by atoms with Crippen LogP contribution in [0.1, 0.15) is 23.6 Å². The van der Waals surface area contributed by atoms with E-state index < -0.39 is 0 Å². The Labute approximate surface area is 138 Å². The monoisotopic (exact) mass is 336 g/mol. The minimum Gasteiger partial charge on any atom is -0.507 e. The van der Waals surface area contributed by atoms with E-state index in [0.717, 1.165) is 26.2 Å². The third-order valence-corrected chi connectivity index (χ3v) is 3.68. The van der Waals surface area contributed by atoms with Gasteiger partial charge in [0.2, 0.25) is 0 Å². The third-order valence-electron chi connectivity index (χ3n) is 3.68. The molecule has 0 unspecified atom stereocenters. The standard InChI is InChI=1S/C15H21FN2O.2ClH/c1-3-4-13(18-9-7-17-8-10-18)14-12(16)6-5-11(2)15(14)19;;/h3,5-6,13,17,19H,1,4,7-10H2,2H3;2*1H/t13-;;/m1../s1. The summed E-state index contributed by atoms with van der Waals surface area (Å²) in [6.45, 7) is 9.04. The van der Waals surface area contributed by atoms with E-state index >= 15 is 0 Å². The lowest BCUT2D eigenvalue weighted by molar-refractivity contribution is 0.168. The first-order valence-electron chi connectivity index (χ1n) is 6.68. The number of nitrogens with one attached hydrogen (secondary N) is 1. The van der Waals surface area contributed by atoms with Gasteiger partial charge in [0.05, 0.1) is 0 Å². The molecule has 1 atom stereocenters. The van der Waals surface area contributed by atoms with Gasteiger partial charge >= 0.3 is 0 Å². The number of aromatic hydroxyl groups is 1. The van der Waals surface area contributed by atoms with Gasteiger partial charge in [-0.2, -0.15) is 0 Å². The molecule has 0 aliphatic carbocycles. The average molecular weight is 337 g/mol. The highest BCUT2D eigenvalue weighted by Crippen LogP contribution is 2.35. The molecule has 120 valence electrons. The van der Waals surface area contributed by atoms with Crippen LogP contribution in [-0.4, -0.2) is 36.2 Å². The Morgan fingerprint density at radius 3 is 2.57 bits per heavy atom. The smallest absolute Gasteiger partial charge is 0.131 e. The van der Waals surface area contributed by atoms with Crippen LogP contribution >= 0.6 is 24.8 Å². The largest absolute Gasteiger partial charge is 0.507 e. The molecule has 3 nitrogen and oxygen atoms in total. The number of nitrogens with zero attached hydrogens (tertiary/aromatic N) is 1. The molecule has 0 spiro atoms. The molecule has 1 aliphatic heterocycles. The second-order valence-corrected chi connectivity index (χ2v) is 4.95. The van der Waals surface area contributed by atoms with Crippen LogP contribution in [0.2, 0.25) is 0 Å². The minimum atomic E-state index is -0.339. The van der Waals surface area contributed by atoms with Crippen LogP contribution in [0.25, 0.3) is 0 Å². The molecule has 1 fully saturated rings. The Morgan fingerprint density at radius 1 is 1.38 bits per heavy atom. The van der Waals surface area contributed by atoms with E-state index in [1.165, 1.54) is 6.07 Å². The van der Waals surface area contributed by atoms with Crippen molar-refractivity contribution >= 4 is 24.8 Å². The van der Waals surface area contributed by atoms with Crippen LogP contribution in [0.5, 0.6) is 5.75 Å². The second-order valence-electron chi connectivity index (χ2n) is 4.95. The summed E-state index contributed by atoms with van der Waals surface area (Å²) in [5, 5.41) is 13.5. The number of hydrogen-bond acceptors (Lipinski definition) is 3. The highest BCUT2D eigenvalue weighted by molar-refractivity contribution is 5.85. The van der Waals surface area contributed by atoms with Gasteiger partial charge in [-0.05, 0) is 25.0 Å². The van der Waals surface area contributed by atoms with Gasteiger partial charge in [-0.3, -0.25) is 4.90 Å². The van der Waals surface area contributed by atoms with E-state index in [9.17, 15) is 9.50 Å². The lowest BCUT2D eigenvalue weighted by atomic mass is 9.97. The summed E-state index contributed by atoms with van der Waals surface area (Å²) >= 11 is 0. The van der Waals surface area contributed by atoms with Crippen LogP contribution in [0, 0.1) is 12.7 Å². The van der Waals surface area contributed by atoms with Crippen molar-refractivity contribution in [2.24, 2.45) is 0 Å². The fourth-order valence-electron chi connectivity index (χ4n) is 2.61. The summed E-state index contributed by atoms with van der Waals surface area (Å²) in [7, 11) is 0. The SMILES string of the molecule is C=CC[C@H](c1c(F)ccc(C)c1O)N1CCNCC1.Cl.Cl. The van der Waals surface area contributed by atoms with Crippen LogP contribution in [0.3, 0.4) is 0 Å². The maximum absolute atomic E-state index is 14.1. The number of halogens is 3. The predicted molar refractivity (Wildman–Crippen MR) is 89.3 cm³/mol. The van der Waals surface area contributed by atoms with Crippen LogP contribution in [-0.2, 0) is 0 Å². The molecule has 0 aromatic heterocycles. The summed E-state index contributed by atoms with van der Waals surface area (Å²) in [5.41, 5.74) is 1.11. The lowest BCUT2D eigenvalue weighted by Crippen LogP contribution is -2.45. The van der Waals surface area contributed by atoms with Crippen LogP contribution < -0.4 is 5.32 Å². The maximum Gasteiger partial charge on any atom is 0.131 e. The molecule has 2 rings (SSSR count). The van der Waals surface area contributed by atoms with Gasteiger partial charge < -0.3 is 10.4 Å². The number of aryl methyl sites for hydroxylation is 1. The summed E-state index contributed by atoms with van der Waals surface area (Å²) in [6, 6.07) is 2.90. The quantitative estimate of drug-likeness (QED) is 0.829. The molecule has 1 aliphatic rings. The number of hydrogen-bond donors (Lipinski definition) is 2. The van der Waals surface area contributed by atoms with Gasteiger partial charge in [0.25, 0.3) is 0 Å². The molecule has 1 aromatic rings. The Morgan fingerprint density at radius 2 is 2.00 bits per heavy atom. The molecule has 1 saturated heterocycles. The predicted octanol–water partition coefficient (Wildman–Crippen LogP) is 3.21. The van der Waals surface area contributed by atoms with E-state index in [0.29, 0.717) is 17.5 Å². The Balaban J connectivity index is 0.00000200. The zero-order valence-corrected chi connectivity index (χ0v) is 13.8. The minimum absolute atomic E-state index is 0. The molecule has 21 heavy (non-hydrogen) atoms. The zero-order valence-electron chi connectivity index (χ0n) is 12.1. The first-order valence-corrected chi connectivity index (χ1v) is 6.68. The molecule has 1 aromatic carbocycles. The Bertz CT molecular complexity index is 465. The van der Waals surface area contributed by atoms with Crippen molar-refractivity contribution in [3.05, 3.63) is 41.7 Å². The first-order chi connectivity index (χ1) is 9.15. The van der Waals surface area contributed by atoms with Crippen molar-refractivity contribution in [3.8, 4) is 5.75 Å². The molecule has 2 N–H and O–H groups in total. The molecule has 6 heteroatoms. The fourth-order valence-corrected chi connectivity index (χ4v) is 2.61. The average Bonchev–Trinajstić information content (AvgIpc) is 2.43. The summed E-state index contributed by atoms with van der Waals surface area (Å²) < 4.78 is 14.1. The normalized spacial score (nSPS) is 16.5. The number of piperazine rings is 1. The fraction of sp³-hybridized carbons (Fsp3) is 0.467. The summed E-state index contributed by atoms with van der Waals surface area (Å²) in [6.07, 6.45) is 2.42. The Hall–Kier alpha value is -0.810. The Kier molecular flexibility index (Phi) is 8.90. The van der Waals surface area contributed by atoms with Gasteiger partial charge in [0.15, 0.2) is 0 Å². The van der Waals surface area contributed by atoms with Crippen molar-refractivity contribution in [3.63, 3.8) is 0 Å². The van der Waals surface area contributed by atoms with Crippen molar-refractivity contribution in [1.29, 1.82) is 0 Å². The molecule has 0 saturated carbocycles. The number of phenols is 1. The van der Waals surface area contributed by atoms with Gasteiger partial charge in [-0.15, -0.1) is 31.4 Å². The van der Waals surface area contributed by atoms with Gasteiger partial charge in [-0.25, -0.2) is 4.39 Å². The maximum atomic E-state index is 14.1. The summed E-state index contributed by atoms with van der Waals surface area (Å²) in [5.74, 6) is -0.265. The van der Waals surface area contributed by atoms with E-state index in [1.807, 2.05) is 0 Å². The van der Waals surface area contributed by atoms with Gasteiger partial charge in [0.1, 0.15) is 11.6 Å². The van der Waals surface area contributed by atoms with Crippen molar-refractivity contribution < 1.29 is 9.50 Å². The molecule has 0 amide bonds. The summed E-state index contributed by atoms with van der Waals surface area (Å²) in [4.78, 5) is 2.20. The topological polar surface area (TPSA) is 35.5 Å². The lowest BCUT2D eigenvalue weighted by Gasteiger charge is -2.35.